The van der Waals surface area contributed by atoms with E-state index in [4.69, 9.17) is 5.11 Å². The van der Waals surface area contributed by atoms with Gasteiger partial charge in [-0.1, -0.05) is 18.9 Å². The van der Waals surface area contributed by atoms with Gasteiger partial charge in [0.05, 0.1) is 12.3 Å². The highest BCUT2D eigenvalue weighted by Gasteiger charge is 2.20. The van der Waals surface area contributed by atoms with E-state index in [-0.39, 0.29) is 18.3 Å². The predicted molar refractivity (Wildman–Crippen MR) is 70.9 cm³/mol. The number of aromatic nitrogens is 1. The average molecular weight is 264 g/mol. The van der Waals surface area contributed by atoms with E-state index in [2.05, 4.69) is 9.88 Å². The van der Waals surface area contributed by atoms with Crippen LogP contribution in [0.15, 0.2) is 18.2 Å². The number of aliphatic hydroxyl groups is 1. The van der Waals surface area contributed by atoms with Crippen LogP contribution in [0, 0.1) is 0 Å². The van der Waals surface area contributed by atoms with E-state index in [0.717, 1.165) is 31.5 Å². The number of carboxylic acid groups (broad SMARTS) is 1. The number of rotatable bonds is 4. The Kier molecular flexibility index (Phi) is 4.87. The summed E-state index contributed by atoms with van der Waals surface area (Å²) in [5.41, 5.74) is 0.827. The van der Waals surface area contributed by atoms with Crippen molar-refractivity contribution in [1.82, 2.24) is 9.88 Å². The molecule has 2 rings (SSSR count). The van der Waals surface area contributed by atoms with Gasteiger partial charge in [-0.25, -0.2) is 9.78 Å². The molecule has 2 heterocycles. The Morgan fingerprint density at radius 2 is 2.21 bits per heavy atom. The molecular weight excluding hydrogens is 244 g/mol. The number of hydrogen-bond donors (Lipinski definition) is 2. The van der Waals surface area contributed by atoms with Gasteiger partial charge in [0, 0.05) is 12.6 Å². The van der Waals surface area contributed by atoms with E-state index in [1.165, 1.54) is 12.5 Å². The largest absolute Gasteiger partial charge is 0.477 e. The van der Waals surface area contributed by atoms with Crippen LogP contribution >= 0.6 is 0 Å². The number of likely N-dealkylation sites (tertiary alicyclic amines) is 1. The molecule has 0 aromatic carbocycles. The van der Waals surface area contributed by atoms with Gasteiger partial charge in [0.25, 0.3) is 0 Å². The number of aliphatic hydroxyl groups excluding tert-OH is 1. The molecule has 0 radical (unpaired) electrons. The molecule has 0 spiro atoms. The first-order valence-corrected chi connectivity index (χ1v) is 6.75. The maximum Gasteiger partial charge on any atom is 0.354 e. The van der Waals surface area contributed by atoms with Crippen LogP contribution in [0.2, 0.25) is 0 Å². The monoisotopic (exact) mass is 264 g/mol. The molecule has 1 unspecified atom stereocenters. The standard InChI is InChI=1S/C14H20N2O3/c17-10-12-6-2-1-3-8-16(12)9-11-5-4-7-13(15-11)14(18)19/h4-5,7,12,17H,1-3,6,8-10H2,(H,18,19). The van der Waals surface area contributed by atoms with Crippen LogP contribution < -0.4 is 0 Å². The van der Waals surface area contributed by atoms with E-state index >= 15 is 0 Å². The molecule has 0 amide bonds. The molecule has 1 aliphatic rings. The Labute approximate surface area is 112 Å². The van der Waals surface area contributed by atoms with Gasteiger partial charge in [-0.2, -0.15) is 0 Å². The molecule has 1 aliphatic heterocycles. The Bertz CT molecular complexity index is 436. The van der Waals surface area contributed by atoms with Crippen molar-refractivity contribution in [1.29, 1.82) is 0 Å². The zero-order chi connectivity index (χ0) is 13.7. The number of carbonyl (C=O) groups is 1. The van der Waals surface area contributed by atoms with Gasteiger partial charge >= 0.3 is 5.97 Å². The quantitative estimate of drug-likeness (QED) is 0.862. The summed E-state index contributed by atoms with van der Waals surface area (Å²) >= 11 is 0. The Morgan fingerprint density at radius 3 is 2.95 bits per heavy atom. The topological polar surface area (TPSA) is 73.7 Å². The highest BCUT2D eigenvalue weighted by atomic mass is 16.4. The second-order valence-corrected chi connectivity index (χ2v) is 4.98. The van der Waals surface area contributed by atoms with E-state index in [1.807, 2.05) is 6.07 Å². The maximum absolute atomic E-state index is 10.9. The van der Waals surface area contributed by atoms with Crippen LogP contribution in [0.4, 0.5) is 0 Å². The molecule has 0 bridgehead atoms. The molecule has 5 nitrogen and oxygen atoms in total. The molecule has 1 aromatic rings. The highest BCUT2D eigenvalue weighted by molar-refractivity contribution is 5.85. The Morgan fingerprint density at radius 1 is 1.37 bits per heavy atom. The van der Waals surface area contributed by atoms with Crippen molar-refractivity contribution in [2.45, 2.75) is 38.3 Å². The van der Waals surface area contributed by atoms with Crippen LogP contribution in [-0.4, -0.2) is 45.3 Å². The van der Waals surface area contributed by atoms with Gasteiger partial charge in [-0.15, -0.1) is 0 Å². The summed E-state index contributed by atoms with van der Waals surface area (Å²) in [6.07, 6.45) is 4.45. The van der Waals surface area contributed by atoms with Gasteiger partial charge < -0.3 is 10.2 Å². The SMILES string of the molecule is O=C(O)c1cccc(CN2CCCCCC2CO)n1. The normalized spacial score (nSPS) is 21.0. The van der Waals surface area contributed by atoms with Crippen LogP contribution in [0.25, 0.3) is 0 Å². The number of carboxylic acids is 1. The molecule has 19 heavy (non-hydrogen) atoms. The lowest BCUT2D eigenvalue weighted by Gasteiger charge is -2.28. The number of aromatic carboxylic acids is 1. The first-order chi connectivity index (χ1) is 9.20. The van der Waals surface area contributed by atoms with E-state index in [0.29, 0.717) is 6.54 Å². The number of hydrogen-bond acceptors (Lipinski definition) is 4. The molecular formula is C14H20N2O3. The van der Waals surface area contributed by atoms with Crippen LogP contribution in [0.5, 0.6) is 0 Å². The third-order valence-corrected chi connectivity index (χ3v) is 3.60. The molecule has 104 valence electrons. The van der Waals surface area contributed by atoms with Crippen molar-refractivity contribution in [3.05, 3.63) is 29.6 Å². The fourth-order valence-electron chi connectivity index (χ4n) is 2.55. The summed E-state index contributed by atoms with van der Waals surface area (Å²) in [4.78, 5) is 17.3. The van der Waals surface area contributed by atoms with Crippen molar-refractivity contribution in [2.75, 3.05) is 13.2 Å². The van der Waals surface area contributed by atoms with Crippen LogP contribution in [0.3, 0.4) is 0 Å². The zero-order valence-electron chi connectivity index (χ0n) is 11.0. The fraction of sp³-hybridized carbons (Fsp3) is 0.571. The molecule has 1 atom stereocenters. The minimum absolute atomic E-state index is 0.0767. The summed E-state index contributed by atoms with van der Waals surface area (Å²) in [6.45, 7) is 1.69. The Balaban J connectivity index is 2.09. The lowest BCUT2D eigenvalue weighted by Crippen LogP contribution is -2.37. The molecule has 5 heteroatoms. The molecule has 1 fully saturated rings. The van der Waals surface area contributed by atoms with Crippen LogP contribution in [-0.2, 0) is 6.54 Å². The first kappa shape index (κ1) is 14.0. The van der Waals surface area contributed by atoms with Crippen molar-refractivity contribution in [3.63, 3.8) is 0 Å². The van der Waals surface area contributed by atoms with Gasteiger partial charge in [0.1, 0.15) is 5.69 Å². The predicted octanol–water partition coefficient (Wildman–Crippen LogP) is 1.52. The maximum atomic E-state index is 10.9. The van der Waals surface area contributed by atoms with Crippen molar-refractivity contribution < 1.29 is 15.0 Å². The third-order valence-electron chi connectivity index (χ3n) is 3.60. The van der Waals surface area contributed by atoms with Crippen molar-refractivity contribution in [2.24, 2.45) is 0 Å². The summed E-state index contributed by atoms with van der Waals surface area (Å²) in [5.74, 6) is -1.00. The minimum atomic E-state index is -1.00. The third kappa shape index (κ3) is 3.75. The number of nitrogens with zero attached hydrogens (tertiary/aromatic N) is 2. The summed E-state index contributed by atoms with van der Waals surface area (Å²) in [5, 5.41) is 18.4. The van der Waals surface area contributed by atoms with Gasteiger partial charge in [0.15, 0.2) is 0 Å². The van der Waals surface area contributed by atoms with Crippen molar-refractivity contribution in [3.8, 4) is 0 Å². The minimum Gasteiger partial charge on any atom is -0.477 e. The zero-order valence-corrected chi connectivity index (χ0v) is 11.0. The van der Waals surface area contributed by atoms with Gasteiger partial charge in [-0.05, 0) is 31.5 Å². The second-order valence-electron chi connectivity index (χ2n) is 4.98. The lowest BCUT2D eigenvalue weighted by atomic mass is 10.1. The summed E-state index contributed by atoms with van der Waals surface area (Å²) < 4.78 is 0. The Hall–Kier alpha value is -1.46. The molecule has 0 saturated carbocycles. The van der Waals surface area contributed by atoms with E-state index < -0.39 is 5.97 Å². The van der Waals surface area contributed by atoms with E-state index in [1.54, 1.807) is 6.07 Å². The molecule has 2 N–H and O–H groups in total. The smallest absolute Gasteiger partial charge is 0.354 e. The fourth-order valence-corrected chi connectivity index (χ4v) is 2.55. The van der Waals surface area contributed by atoms with Gasteiger partial charge in [0.2, 0.25) is 0 Å². The van der Waals surface area contributed by atoms with Gasteiger partial charge in [-0.3, -0.25) is 4.90 Å². The molecule has 1 saturated heterocycles. The van der Waals surface area contributed by atoms with Crippen LogP contribution in [0.1, 0.15) is 41.9 Å². The average Bonchev–Trinajstić information content (AvgIpc) is 2.64. The lowest BCUT2D eigenvalue weighted by molar-refractivity contribution is 0.0689. The first-order valence-electron chi connectivity index (χ1n) is 6.75. The number of pyridine rings is 1. The van der Waals surface area contributed by atoms with Crippen molar-refractivity contribution >= 4 is 5.97 Å². The molecule has 0 aliphatic carbocycles. The second kappa shape index (κ2) is 6.63. The van der Waals surface area contributed by atoms with E-state index in [9.17, 15) is 9.90 Å². The highest BCUT2D eigenvalue weighted by Crippen LogP contribution is 2.18. The molecule has 1 aromatic heterocycles. The summed E-state index contributed by atoms with van der Waals surface area (Å²) in [6, 6.07) is 5.22. The summed E-state index contributed by atoms with van der Waals surface area (Å²) in [7, 11) is 0.